The van der Waals surface area contributed by atoms with Crippen LogP contribution in [0.1, 0.15) is 24.5 Å². The number of anilines is 1. The Morgan fingerprint density at radius 3 is 2.56 bits per heavy atom. The van der Waals surface area contributed by atoms with Gasteiger partial charge in [-0.25, -0.2) is 9.67 Å². The summed E-state index contributed by atoms with van der Waals surface area (Å²) in [6.45, 7) is 4.89. The monoisotopic (exact) mass is 460 g/mol. The molecule has 10 heteroatoms. The van der Waals surface area contributed by atoms with E-state index in [1.807, 2.05) is 28.8 Å². The Hall–Kier alpha value is -3.50. The van der Waals surface area contributed by atoms with Crippen LogP contribution in [0.25, 0.3) is 22.7 Å². The molecule has 2 aliphatic rings. The minimum atomic E-state index is -0.0902. The molecule has 0 saturated carbocycles. The third kappa shape index (κ3) is 3.88. The summed E-state index contributed by atoms with van der Waals surface area (Å²) in [4.78, 5) is 26.5. The minimum Gasteiger partial charge on any atom is -0.378 e. The third-order valence-electron chi connectivity index (χ3n) is 6.83. The molecule has 6 rings (SSSR count). The fraction of sp³-hybridized carbons (Fsp3) is 0.417. The van der Waals surface area contributed by atoms with Crippen molar-refractivity contribution < 1.29 is 4.74 Å². The summed E-state index contributed by atoms with van der Waals surface area (Å²) in [6, 6.07) is 9.49. The van der Waals surface area contributed by atoms with Crippen LogP contribution in [0.4, 0.5) is 5.82 Å². The first-order valence-corrected chi connectivity index (χ1v) is 11.8. The van der Waals surface area contributed by atoms with Crippen molar-refractivity contribution in [1.82, 2.24) is 34.3 Å². The molecule has 0 spiro atoms. The van der Waals surface area contributed by atoms with Gasteiger partial charge < -0.3 is 14.5 Å². The molecule has 176 valence electrons. The van der Waals surface area contributed by atoms with Crippen LogP contribution >= 0.6 is 0 Å². The molecule has 4 aromatic heterocycles. The van der Waals surface area contributed by atoms with Crippen molar-refractivity contribution in [2.75, 3.05) is 51.3 Å². The van der Waals surface area contributed by atoms with Gasteiger partial charge >= 0.3 is 0 Å². The van der Waals surface area contributed by atoms with Gasteiger partial charge in [0.2, 0.25) is 0 Å². The van der Waals surface area contributed by atoms with Gasteiger partial charge in [0.05, 0.1) is 18.9 Å². The fourth-order valence-electron chi connectivity index (χ4n) is 4.85. The van der Waals surface area contributed by atoms with Crippen molar-refractivity contribution in [3.05, 3.63) is 58.8 Å². The maximum atomic E-state index is 13.0. The SMILES string of the molecule is CN1CCC(c2cc(=O)n(-c3cc(N4CCOCC4)n4nc(-c5ccncc5)cc4n3)[nH]2)CC1. The molecular formula is C24H28N8O2. The smallest absolute Gasteiger partial charge is 0.272 e. The van der Waals surface area contributed by atoms with E-state index in [9.17, 15) is 4.79 Å². The molecule has 4 aromatic rings. The number of piperidine rings is 1. The van der Waals surface area contributed by atoms with Crippen LogP contribution < -0.4 is 10.5 Å². The number of aromatic nitrogens is 6. The first-order chi connectivity index (χ1) is 16.7. The highest BCUT2D eigenvalue weighted by molar-refractivity contribution is 5.66. The zero-order chi connectivity index (χ0) is 23.1. The van der Waals surface area contributed by atoms with Gasteiger partial charge in [-0.1, -0.05) is 0 Å². The first kappa shape index (κ1) is 21.1. The predicted molar refractivity (Wildman–Crippen MR) is 129 cm³/mol. The lowest BCUT2D eigenvalue weighted by molar-refractivity contribution is 0.122. The molecule has 0 unspecified atom stereocenters. The number of rotatable bonds is 4. The van der Waals surface area contributed by atoms with Crippen molar-refractivity contribution >= 4 is 11.5 Å². The molecule has 0 radical (unpaired) electrons. The maximum Gasteiger partial charge on any atom is 0.272 e. The summed E-state index contributed by atoms with van der Waals surface area (Å²) in [5.41, 5.74) is 3.36. The molecule has 0 bridgehead atoms. The molecule has 0 amide bonds. The number of fused-ring (bicyclic) bond motifs is 1. The molecule has 6 heterocycles. The largest absolute Gasteiger partial charge is 0.378 e. The molecule has 2 aliphatic heterocycles. The molecule has 0 aliphatic carbocycles. The van der Waals surface area contributed by atoms with E-state index in [1.165, 1.54) is 0 Å². The van der Waals surface area contributed by atoms with Crippen LogP contribution in [0, 0.1) is 0 Å². The Balaban J connectivity index is 1.44. The summed E-state index contributed by atoms with van der Waals surface area (Å²) in [5.74, 6) is 1.83. The number of aromatic amines is 1. The van der Waals surface area contributed by atoms with E-state index >= 15 is 0 Å². The number of hydrogen-bond acceptors (Lipinski definition) is 7. The van der Waals surface area contributed by atoms with Crippen LogP contribution in [0.5, 0.6) is 0 Å². The molecule has 0 atom stereocenters. The molecule has 2 saturated heterocycles. The topological polar surface area (TPSA) is 96.6 Å². The normalized spacial score (nSPS) is 18.1. The first-order valence-electron chi connectivity index (χ1n) is 11.8. The number of nitrogens with one attached hydrogen (secondary N) is 1. The van der Waals surface area contributed by atoms with E-state index in [4.69, 9.17) is 14.8 Å². The molecular weight excluding hydrogens is 432 g/mol. The third-order valence-corrected chi connectivity index (χ3v) is 6.83. The standard InChI is InChI=1S/C24H28N8O2/c1-29-8-4-18(5-9-29)20-15-24(33)32(28-20)22-16-23(30-10-12-34-13-11-30)31-21(26-22)14-19(27-31)17-2-6-25-7-3-17/h2-3,6-7,14-16,18,28H,4-5,8-13H2,1H3. The van der Waals surface area contributed by atoms with Gasteiger partial charge in [0.15, 0.2) is 11.5 Å². The second kappa shape index (κ2) is 8.69. The Bertz CT molecular complexity index is 1340. The van der Waals surface area contributed by atoms with Crippen molar-refractivity contribution in [3.63, 3.8) is 0 Å². The zero-order valence-electron chi connectivity index (χ0n) is 19.2. The molecule has 1 N–H and O–H groups in total. The molecule has 34 heavy (non-hydrogen) atoms. The van der Waals surface area contributed by atoms with Gasteiger partial charge in [-0.2, -0.15) is 9.61 Å². The van der Waals surface area contributed by atoms with E-state index < -0.39 is 0 Å². The van der Waals surface area contributed by atoms with E-state index in [2.05, 4.69) is 26.9 Å². The molecule has 0 aromatic carbocycles. The van der Waals surface area contributed by atoms with Gasteiger partial charge in [-0.3, -0.25) is 14.9 Å². The summed E-state index contributed by atoms with van der Waals surface area (Å²) in [7, 11) is 2.14. The lowest BCUT2D eigenvalue weighted by atomic mass is 9.94. The quantitative estimate of drug-likeness (QED) is 0.497. The van der Waals surface area contributed by atoms with Gasteiger partial charge in [0.25, 0.3) is 5.56 Å². The van der Waals surface area contributed by atoms with Crippen LogP contribution in [0.15, 0.2) is 47.5 Å². The average molecular weight is 461 g/mol. The van der Waals surface area contributed by atoms with E-state index in [1.54, 1.807) is 23.1 Å². The van der Waals surface area contributed by atoms with Gasteiger partial charge in [-0.05, 0) is 45.1 Å². The number of nitrogens with zero attached hydrogens (tertiary/aromatic N) is 7. The number of H-pyrrole nitrogens is 1. The molecule has 10 nitrogen and oxygen atoms in total. The van der Waals surface area contributed by atoms with Crippen LogP contribution in [0.3, 0.4) is 0 Å². The van der Waals surface area contributed by atoms with Crippen LogP contribution in [-0.4, -0.2) is 80.7 Å². The van der Waals surface area contributed by atoms with Crippen LogP contribution in [-0.2, 0) is 4.74 Å². The highest BCUT2D eigenvalue weighted by atomic mass is 16.5. The van der Waals surface area contributed by atoms with E-state index in [0.717, 1.165) is 61.8 Å². The highest BCUT2D eigenvalue weighted by Gasteiger charge is 2.23. The van der Waals surface area contributed by atoms with Gasteiger partial charge in [0, 0.05) is 60.9 Å². The van der Waals surface area contributed by atoms with Gasteiger partial charge in [0.1, 0.15) is 5.82 Å². The number of hydrogen-bond donors (Lipinski definition) is 1. The number of likely N-dealkylation sites (tertiary alicyclic amines) is 1. The second-order valence-corrected chi connectivity index (χ2v) is 9.07. The summed E-state index contributed by atoms with van der Waals surface area (Å²) < 4.78 is 8.98. The van der Waals surface area contributed by atoms with Crippen molar-refractivity contribution in [2.24, 2.45) is 0 Å². The average Bonchev–Trinajstić information content (AvgIpc) is 3.49. The van der Waals surface area contributed by atoms with Gasteiger partial charge in [-0.15, -0.1) is 0 Å². The molecule has 2 fully saturated rings. The lowest BCUT2D eigenvalue weighted by Crippen LogP contribution is -2.37. The number of pyridine rings is 1. The maximum absolute atomic E-state index is 13.0. The Labute approximate surface area is 196 Å². The van der Waals surface area contributed by atoms with E-state index in [0.29, 0.717) is 30.6 Å². The minimum absolute atomic E-state index is 0.0902. The zero-order valence-corrected chi connectivity index (χ0v) is 19.2. The number of morpholine rings is 1. The van der Waals surface area contributed by atoms with Crippen molar-refractivity contribution in [3.8, 4) is 17.1 Å². The Morgan fingerprint density at radius 1 is 1.03 bits per heavy atom. The fourth-order valence-corrected chi connectivity index (χ4v) is 4.85. The highest BCUT2D eigenvalue weighted by Crippen LogP contribution is 2.27. The lowest BCUT2D eigenvalue weighted by Gasteiger charge is -2.29. The van der Waals surface area contributed by atoms with Crippen LogP contribution in [0.2, 0.25) is 0 Å². The second-order valence-electron chi connectivity index (χ2n) is 9.07. The Kier molecular flexibility index (Phi) is 5.39. The number of ether oxygens (including phenoxy) is 1. The summed E-state index contributed by atoms with van der Waals surface area (Å²) >= 11 is 0. The predicted octanol–water partition coefficient (Wildman–Crippen LogP) is 1.92. The van der Waals surface area contributed by atoms with Crippen molar-refractivity contribution in [2.45, 2.75) is 18.8 Å². The summed E-state index contributed by atoms with van der Waals surface area (Å²) in [5, 5.41) is 8.20. The van der Waals surface area contributed by atoms with E-state index in [-0.39, 0.29) is 5.56 Å². The summed E-state index contributed by atoms with van der Waals surface area (Å²) in [6.07, 6.45) is 5.59. The van der Waals surface area contributed by atoms with Crippen molar-refractivity contribution in [1.29, 1.82) is 0 Å². The Morgan fingerprint density at radius 2 is 1.79 bits per heavy atom.